The van der Waals surface area contributed by atoms with Crippen molar-refractivity contribution >= 4 is 34.0 Å². The topological polar surface area (TPSA) is 170 Å². The number of nitrogens with zero attached hydrogens (tertiary/aromatic N) is 8. The number of fused-ring (bicyclic) bond motifs is 1. The molecule has 0 radical (unpaired) electrons. The van der Waals surface area contributed by atoms with Crippen molar-refractivity contribution in [1.82, 2.24) is 34.4 Å². The van der Waals surface area contributed by atoms with E-state index in [1.54, 1.807) is 18.3 Å². The van der Waals surface area contributed by atoms with Crippen molar-refractivity contribution in [2.45, 2.75) is 51.8 Å². The van der Waals surface area contributed by atoms with E-state index < -0.39 is 23.9 Å². The lowest BCUT2D eigenvalue weighted by Gasteiger charge is -2.46. The molecule has 6 heterocycles. The lowest BCUT2D eigenvalue weighted by atomic mass is 9.86. The van der Waals surface area contributed by atoms with E-state index in [-0.39, 0.29) is 33.6 Å². The number of rotatable bonds is 8. The fourth-order valence-corrected chi connectivity index (χ4v) is 6.49. The van der Waals surface area contributed by atoms with Crippen LogP contribution in [0, 0.1) is 5.82 Å². The zero-order valence-corrected chi connectivity index (χ0v) is 28.3. The molecule has 0 unspecified atom stereocenters. The molecular formula is C35H39FN10O4. The van der Waals surface area contributed by atoms with Crippen molar-refractivity contribution < 1.29 is 19.0 Å². The molecule has 1 amide bonds. The van der Waals surface area contributed by atoms with Gasteiger partial charge in [-0.2, -0.15) is 9.78 Å². The van der Waals surface area contributed by atoms with Gasteiger partial charge in [-0.1, -0.05) is 20.8 Å². The minimum Gasteiger partial charge on any atom is -0.391 e. The van der Waals surface area contributed by atoms with Crippen LogP contribution in [0.25, 0.3) is 22.3 Å². The van der Waals surface area contributed by atoms with Gasteiger partial charge < -0.3 is 25.8 Å². The van der Waals surface area contributed by atoms with Gasteiger partial charge in [0.05, 0.1) is 55.0 Å². The summed E-state index contributed by atoms with van der Waals surface area (Å²) in [6.45, 7) is 11.8. The first-order chi connectivity index (χ1) is 23.9. The van der Waals surface area contributed by atoms with Crippen LogP contribution >= 0.6 is 0 Å². The number of hydrogen-bond acceptors (Lipinski definition) is 11. The molecule has 0 spiro atoms. The van der Waals surface area contributed by atoms with Gasteiger partial charge in [-0.3, -0.25) is 14.5 Å². The summed E-state index contributed by atoms with van der Waals surface area (Å²) in [6, 6.07) is 9.23. The summed E-state index contributed by atoms with van der Waals surface area (Å²) < 4.78 is 23.0. The van der Waals surface area contributed by atoms with E-state index in [0.717, 1.165) is 48.8 Å². The van der Waals surface area contributed by atoms with Gasteiger partial charge in [-0.05, 0) is 48.2 Å². The highest BCUT2D eigenvalue weighted by atomic mass is 19.1. The first-order valence-corrected chi connectivity index (χ1v) is 16.5. The Kier molecular flexibility index (Phi) is 8.58. The average Bonchev–Trinajstić information content (AvgIpc) is 3.47. The Balaban J connectivity index is 1.17. The van der Waals surface area contributed by atoms with E-state index in [0.29, 0.717) is 29.0 Å². The number of benzene rings is 1. The zero-order valence-electron chi connectivity index (χ0n) is 28.3. The lowest BCUT2D eigenvalue weighted by Crippen LogP contribution is -2.59. The molecule has 5 aromatic rings. The maximum absolute atomic E-state index is 15.4. The van der Waals surface area contributed by atoms with Crippen LogP contribution < -0.4 is 21.5 Å². The number of primary amides is 1. The third kappa shape index (κ3) is 6.08. The number of aliphatic hydroxyl groups excluding tert-OH is 1. The molecule has 260 valence electrons. The minimum absolute atomic E-state index is 0.0184. The van der Waals surface area contributed by atoms with Gasteiger partial charge in [0.2, 0.25) is 0 Å². The third-order valence-corrected chi connectivity index (χ3v) is 9.42. The summed E-state index contributed by atoms with van der Waals surface area (Å²) in [5.74, 6) is -0.850. The fraction of sp³-hybridized carbons (Fsp3) is 0.371. The van der Waals surface area contributed by atoms with Crippen molar-refractivity contribution in [1.29, 1.82) is 0 Å². The maximum atomic E-state index is 15.4. The number of anilines is 3. The largest absolute Gasteiger partial charge is 0.391 e. The number of nitrogens with one attached hydrogen (secondary N) is 1. The van der Waals surface area contributed by atoms with Crippen LogP contribution in [0.3, 0.4) is 0 Å². The summed E-state index contributed by atoms with van der Waals surface area (Å²) in [7, 11) is 0. The van der Waals surface area contributed by atoms with Crippen LogP contribution in [-0.4, -0.2) is 90.4 Å². The Morgan fingerprint density at radius 1 is 1.14 bits per heavy atom. The van der Waals surface area contributed by atoms with Crippen LogP contribution in [0.1, 0.15) is 49.2 Å². The number of pyridine rings is 2. The van der Waals surface area contributed by atoms with Crippen molar-refractivity contribution in [3.8, 4) is 11.5 Å². The summed E-state index contributed by atoms with van der Waals surface area (Å²) >= 11 is 0. The van der Waals surface area contributed by atoms with Crippen molar-refractivity contribution in [3.63, 3.8) is 0 Å². The van der Waals surface area contributed by atoms with Crippen molar-refractivity contribution in [2.75, 3.05) is 43.1 Å². The predicted octanol–water partition coefficient (Wildman–Crippen LogP) is 3.04. The molecule has 50 heavy (non-hydrogen) atoms. The molecular weight excluding hydrogens is 643 g/mol. The van der Waals surface area contributed by atoms with Gasteiger partial charge in [0.25, 0.3) is 11.5 Å². The minimum atomic E-state index is -0.740. The molecule has 4 N–H and O–H groups in total. The average molecular weight is 683 g/mol. The summed E-state index contributed by atoms with van der Waals surface area (Å²) in [6.07, 6.45) is 5.99. The lowest BCUT2D eigenvalue weighted by molar-refractivity contribution is -0.0691. The number of piperazine rings is 1. The van der Waals surface area contributed by atoms with E-state index >= 15 is 4.39 Å². The van der Waals surface area contributed by atoms with Crippen molar-refractivity contribution in [3.05, 3.63) is 88.0 Å². The Morgan fingerprint density at radius 3 is 2.58 bits per heavy atom. The van der Waals surface area contributed by atoms with Gasteiger partial charge >= 0.3 is 0 Å². The van der Waals surface area contributed by atoms with E-state index in [9.17, 15) is 14.7 Å². The Hall–Kier alpha value is -5.25. The molecule has 2 fully saturated rings. The zero-order chi connectivity index (χ0) is 35.3. The molecule has 7 rings (SSSR count). The smallest absolute Gasteiger partial charge is 0.283 e. The molecule has 4 aromatic heterocycles. The van der Waals surface area contributed by atoms with Gasteiger partial charge in [-0.15, -0.1) is 5.10 Å². The van der Waals surface area contributed by atoms with E-state index in [4.69, 9.17) is 10.5 Å². The van der Waals surface area contributed by atoms with Crippen LogP contribution in [0.15, 0.2) is 59.9 Å². The van der Waals surface area contributed by atoms with Crippen LogP contribution in [0.4, 0.5) is 21.7 Å². The number of hydrogen-bond donors (Lipinski definition) is 3. The van der Waals surface area contributed by atoms with E-state index in [2.05, 4.69) is 42.2 Å². The van der Waals surface area contributed by atoms with Crippen molar-refractivity contribution in [2.24, 2.45) is 5.73 Å². The van der Waals surface area contributed by atoms with Gasteiger partial charge in [-0.25, -0.2) is 19.0 Å². The van der Waals surface area contributed by atoms with E-state index in [1.807, 2.05) is 32.9 Å². The molecule has 2 aliphatic heterocycles. The maximum Gasteiger partial charge on any atom is 0.283 e. The summed E-state index contributed by atoms with van der Waals surface area (Å²) in [5.41, 5.74) is 6.90. The molecule has 0 bridgehead atoms. The number of ether oxygens (including phenoxy) is 1. The van der Waals surface area contributed by atoms with Gasteiger partial charge in [0.1, 0.15) is 17.2 Å². The number of carbonyl (C=O) groups excluding carboxylic acids is 1. The number of halogens is 1. The molecule has 0 aliphatic carbocycles. The fourth-order valence-electron chi connectivity index (χ4n) is 6.49. The summed E-state index contributed by atoms with van der Waals surface area (Å²) in [4.78, 5) is 39.8. The highest BCUT2D eigenvalue weighted by Crippen LogP contribution is 2.29. The molecule has 1 aromatic carbocycles. The number of aromatic nitrogens is 6. The Morgan fingerprint density at radius 2 is 1.94 bits per heavy atom. The highest BCUT2D eigenvalue weighted by Gasteiger charge is 2.32. The van der Waals surface area contributed by atoms with Crippen LogP contribution in [-0.2, 0) is 16.8 Å². The molecule has 15 heteroatoms. The van der Waals surface area contributed by atoms with Crippen LogP contribution in [0.2, 0.25) is 0 Å². The quantitative estimate of drug-likeness (QED) is 0.220. The molecule has 14 nitrogen and oxygen atoms in total. The predicted molar refractivity (Wildman–Crippen MR) is 186 cm³/mol. The second-order valence-corrected chi connectivity index (χ2v) is 13.8. The number of nitrogens with two attached hydrogens (primary N) is 1. The highest BCUT2D eigenvalue weighted by molar-refractivity contribution is 5.98. The van der Waals surface area contributed by atoms with E-state index in [1.165, 1.54) is 29.3 Å². The molecule has 2 aliphatic rings. The number of aliphatic hydroxyl groups is 1. The standard InChI is InChI=1S/C35H39FN10O4/c1-20-15-43(24-18-50-19-24)9-10-44(20)23-5-6-29(39-14-23)41-32-25(31(37)48)16-45(42-32)28-7-8-38-33(26(28)17-47)46-34(49)30-21(13-40-46)11-22(12-27(30)36)35(2,3)4/h5-8,11-14,16,20,24,47H,9-10,15,17-19H2,1-4H3,(H2,37,48)(H,39,41,42)/t20-/m0/s1. The second kappa shape index (κ2) is 12.9. The van der Waals surface area contributed by atoms with Gasteiger partial charge in [0, 0.05) is 49.0 Å². The molecule has 0 saturated carbocycles. The summed E-state index contributed by atoms with van der Waals surface area (Å²) in [5, 5.41) is 22.6. The SMILES string of the molecule is C[C@H]1CN(C2COC2)CCN1c1ccc(Nc2nn(-c3ccnc(-n4ncc5cc(C(C)(C)C)cc(F)c5c4=O)c3CO)cc2C(N)=O)nc1. The van der Waals surface area contributed by atoms with Gasteiger partial charge in [0.15, 0.2) is 11.6 Å². The second-order valence-electron chi connectivity index (χ2n) is 13.8. The Labute approximate surface area is 287 Å². The normalized spacial score (nSPS) is 17.2. The van der Waals surface area contributed by atoms with Crippen LogP contribution in [0.5, 0.6) is 0 Å². The first-order valence-electron chi connectivity index (χ1n) is 16.5. The first kappa shape index (κ1) is 33.3. The molecule has 1 atom stereocenters. The Bertz CT molecular complexity index is 2140. The number of amides is 1. The molecule has 2 saturated heterocycles. The number of carbonyl (C=O) groups is 1. The third-order valence-electron chi connectivity index (χ3n) is 9.42. The monoisotopic (exact) mass is 682 g/mol.